The van der Waals surface area contributed by atoms with Gasteiger partial charge in [0.2, 0.25) is 0 Å². The molecule has 3 rings (SSSR count). The number of ether oxygens (including phenoxy) is 1. The van der Waals surface area contributed by atoms with E-state index in [2.05, 4.69) is 0 Å². The Morgan fingerprint density at radius 1 is 0.958 bits per heavy atom. The third-order valence-corrected chi connectivity index (χ3v) is 3.81. The van der Waals surface area contributed by atoms with E-state index >= 15 is 0 Å². The van der Waals surface area contributed by atoms with E-state index in [1.54, 1.807) is 24.3 Å². The minimum Gasteiger partial charge on any atom is -0.489 e. The first-order chi connectivity index (χ1) is 11.6. The Morgan fingerprint density at radius 3 is 2.42 bits per heavy atom. The molecule has 24 heavy (non-hydrogen) atoms. The van der Waals surface area contributed by atoms with Crippen LogP contribution in [0.2, 0.25) is 0 Å². The van der Waals surface area contributed by atoms with Gasteiger partial charge in [-0.3, -0.25) is 4.79 Å². The fourth-order valence-corrected chi connectivity index (χ4v) is 2.43. The van der Waals surface area contributed by atoms with Gasteiger partial charge < -0.3 is 4.74 Å². The summed E-state index contributed by atoms with van der Waals surface area (Å²) in [6, 6.07) is 21.0. The third kappa shape index (κ3) is 3.51. The average molecular weight is 320 g/mol. The summed E-state index contributed by atoms with van der Waals surface area (Å²) >= 11 is 0. The van der Waals surface area contributed by atoms with Gasteiger partial charge in [-0.2, -0.15) is 0 Å². The number of aryl methyl sites for hydroxylation is 1. The molecule has 0 unspecified atom stereocenters. The Kier molecular flexibility index (Phi) is 4.71. The number of rotatable bonds is 5. The lowest BCUT2D eigenvalue weighted by Gasteiger charge is -2.11. The lowest BCUT2D eigenvalue weighted by molar-refractivity contribution is 0.103. The van der Waals surface area contributed by atoms with Crippen molar-refractivity contribution in [1.29, 1.82) is 0 Å². The van der Waals surface area contributed by atoms with Crippen molar-refractivity contribution in [2.75, 3.05) is 0 Å². The topological polar surface area (TPSA) is 26.3 Å². The standard InChI is InChI=1S/C21H17FO2/c1-15-11-12-17(21(23)18-9-5-6-10-19(18)22)13-20(15)24-14-16-7-3-2-4-8-16/h2-13H,14H2,1H3. The van der Waals surface area contributed by atoms with Crippen molar-refractivity contribution in [3.63, 3.8) is 0 Å². The molecule has 0 radical (unpaired) electrons. The van der Waals surface area contributed by atoms with Crippen LogP contribution in [0, 0.1) is 12.7 Å². The van der Waals surface area contributed by atoms with Gasteiger partial charge >= 0.3 is 0 Å². The highest BCUT2D eigenvalue weighted by molar-refractivity contribution is 6.09. The van der Waals surface area contributed by atoms with E-state index in [4.69, 9.17) is 4.74 Å². The summed E-state index contributed by atoms with van der Waals surface area (Å²) in [7, 11) is 0. The molecule has 0 N–H and O–H groups in total. The highest BCUT2D eigenvalue weighted by Gasteiger charge is 2.15. The van der Waals surface area contributed by atoms with Gasteiger partial charge in [0, 0.05) is 5.56 Å². The monoisotopic (exact) mass is 320 g/mol. The average Bonchev–Trinajstić information content (AvgIpc) is 2.62. The van der Waals surface area contributed by atoms with E-state index in [-0.39, 0.29) is 11.3 Å². The number of hydrogen-bond donors (Lipinski definition) is 0. The first-order valence-corrected chi connectivity index (χ1v) is 7.72. The van der Waals surface area contributed by atoms with Gasteiger partial charge in [-0.25, -0.2) is 4.39 Å². The molecule has 2 nitrogen and oxygen atoms in total. The number of ketones is 1. The molecule has 0 aromatic heterocycles. The van der Waals surface area contributed by atoms with Crippen LogP contribution in [0.4, 0.5) is 4.39 Å². The molecule has 120 valence electrons. The second-order valence-electron chi connectivity index (χ2n) is 5.56. The highest BCUT2D eigenvalue weighted by atomic mass is 19.1. The maximum absolute atomic E-state index is 13.8. The van der Waals surface area contributed by atoms with Crippen LogP contribution in [0.3, 0.4) is 0 Å². The van der Waals surface area contributed by atoms with Gasteiger partial charge in [0.1, 0.15) is 18.2 Å². The van der Waals surface area contributed by atoms with Gasteiger partial charge in [-0.05, 0) is 36.2 Å². The Balaban J connectivity index is 1.83. The van der Waals surface area contributed by atoms with Gasteiger partial charge in [-0.15, -0.1) is 0 Å². The summed E-state index contributed by atoms with van der Waals surface area (Å²) < 4.78 is 19.7. The molecule has 0 bridgehead atoms. The van der Waals surface area contributed by atoms with Crippen molar-refractivity contribution in [2.24, 2.45) is 0 Å². The normalized spacial score (nSPS) is 10.4. The summed E-state index contributed by atoms with van der Waals surface area (Å²) in [5.41, 5.74) is 2.45. The predicted molar refractivity (Wildman–Crippen MR) is 91.8 cm³/mol. The van der Waals surface area contributed by atoms with Crippen LogP contribution in [0.25, 0.3) is 0 Å². The van der Waals surface area contributed by atoms with Crippen LogP contribution in [0.1, 0.15) is 27.0 Å². The Morgan fingerprint density at radius 2 is 1.67 bits per heavy atom. The fraction of sp³-hybridized carbons (Fsp3) is 0.0952. The van der Waals surface area contributed by atoms with Gasteiger partial charge in [0.25, 0.3) is 0 Å². The van der Waals surface area contributed by atoms with Crippen molar-refractivity contribution < 1.29 is 13.9 Å². The second kappa shape index (κ2) is 7.09. The summed E-state index contributed by atoms with van der Waals surface area (Å²) in [5, 5.41) is 0. The molecule has 0 aliphatic heterocycles. The van der Waals surface area contributed by atoms with E-state index in [0.29, 0.717) is 17.9 Å². The molecule has 0 heterocycles. The van der Waals surface area contributed by atoms with Crippen LogP contribution in [-0.4, -0.2) is 5.78 Å². The molecule has 0 saturated carbocycles. The second-order valence-corrected chi connectivity index (χ2v) is 5.56. The van der Waals surface area contributed by atoms with Gasteiger partial charge in [0.15, 0.2) is 5.78 Å². The Labute approximate surface area is 140 Å². The number of carbonyl (C=O) groups is 1. The molecule has 0 spiro atoms. The minimum absolute atomic E-state index is 0.0652. The Bertz CT molecular complexity index is 857. The first kappa shape index (κ1) is 15.9. The largest absolute Gasteiger partial charge is 0.489 e. The Hall–Kier alpha value is -2.94. The third-order valence-electron chi connectivity index (χ3n) is 3.81. The first-order valence-electron chi connectivity index (χ1n) is 7.72. The molecule has 0 atom stereocenters. The molecule has 0 aliphatic carbocycles. The molecular weight excluding hydrogens is 303 g/mol. The van der Waals surface area contributed by atoms with Crippen LogP contribution < -0.4 is 4.74 Å². The van der Waals surface area contributed by atoms with Crippen molar-refractivity contribution >= 4 is 5.78 Å². The van der Waals surface area contributed by atoms with E-state index in [0.717, 1.165) is 11.1 Å². The molecular formula is C21H17FO2. The zero-order chi connectivity index (χ0) is 16.9. The molecule has 0 amide bonds. The summed E-state index contributed by atoms with van der Waals surface area (Å²) in [6.45, 7) is 2.33. The van der Waals surface area contributed by atoms with Crippen LogP contribution in [-0.2, 0) is 6.61 Å². The minimum atomic E-state index is -0.519. The SMILES string of the molecule is Cc1ccc(C(=O)c2ccccc2F)cc1OCc1ccccc1. The van der Waals surface area contributed by atoms with E-state index in [9.17, 15) is 9.18 Å². The summed E-state index contributed by atoms with van der Waals surface area (Å²) in [5.74, 6) is -0.242. The van der Waals surface area contributed by atoms with Crippen molar-refractivity contribution in [2.45, 2.75) is 13.5 Å². The molecule has 3 heteroatoms. The maximum Gasteiger partial charge on any atom is 0.196 e. The zero-order valence-electron chi connectivity index (χ0n) is 13.3. The highest BCUT2D eigenvalue weighted by Crippen LogP contribution is 2.23. The molecule has 3 aromatic carbocycles. The van der Waals surface area contributed by atoms with E-state index in [1.165, 1.54) is 12.1 Å². The maximum atomic E-state index is 13.8. The summed E-state index contributed by atoms with van der Waals surface area (Å²) in [4.78, 5) is 12.5. The van der Waals surface area contributed by atoms with Gasteiger partial charge in [-0.1, -0.05) is 54.6 Å². The van der Waals surface area contributed by atoms with E-state index < -0.39 is 5.82 Å². The van der Waals surface area contributed by atoms with E-state index in [1.807, 2.05) is 43.3 Å². The molecule has 3 aromatic rings. The van der Waals surface area contributed by atoms with Gasteiger partial charge in [0.05, 0.1) is 5.56 Å². The van der Waals surface area contributed by atoms with Crippen LogP contribution in [0.5, 0.6) is 5.75 Å². The summed E-state index contributed by atoms with van der Waals surface area (Å²) in [6.07, 6.45) is 0. The number of carbonyl (C=O) groups excluding carboxylic acids is 1. The van der Waals surface area contributed by atoms with Crippen molar-refractivity contribution in [1.82, 2.24) is 0 Å². The number of hydrogen-bond acceptors (Lipinski definition) is 2. The van der Waals surface area contributed by atoms with Crippen LogP contribution in [0.15, 0.2) is 72.8 Å². The predicted octanol–water partition coefficient (Wildman–Crippen LogP) is 4.94. The molecule has 0 saturated heterocycles. The lowest BCUT2D eigenvalue weighted by Crippen LogP contribution is -2.05. The van der Waals surface area contributed by atoms with Crippen molar-refractivity contribution in [3.8, 4) is 5.75 Å². The fourth-order valence-electron chi connectivity index (χ4n) is 2.43. The number of halogens is 1. The quantitative estimate of drug-likeness (QED) is 0.622. The molecule has 0 aliphatic rings. The van der Waals surface area contributed by atoms with Crippen LogP contribution >= 0.6 is 0 Å². The van der Waals surface area contributed by atoms with Crippen molar-refractivity contribution in [3.05, 3.63) is 101 Å². The zero-order valence-corrected chi connectivity index (χ0v) is 13.3. The lowest BCUT2D eigenvalue weighted by atomic mass is 10.0. The number of benzene rings is 3. The molecule has 0 fully saturated rings. The smallest absolute Gasteiger partial charge is 0.196 e.